The number of phosphoric ester groups is 1. The first-order chi connectivity index (χ1) is 28.4. The maximum Gasteiger partial charge on any atom is 0.469 e. The quantitative estimate of drug-likeness (QED) is 0.0469. The zero-order valence-electron chi connectivity index (χ0n) is 34.8. The Morgan fingerprint density at radius 1 is 0.883 bits per heavy atom. The van der Waals surface area contributed by atoms with Crippen LogP contribution in [-0.4, -0.2) is 120 Å². The average molecular weight is 864 g/mol. The molecule has 1 saturated heterocycles. The molecule has 20 nitrogen and oxygen atoms in total. The molecule has 0 unspecified atom stereocenters. The second-order valence-electron chi connectivity index (χ2n) is 15.6. The Bertz CT molecular complexity index is 1770. The second kappa shape index (κ2) is 24.5. The number of rotatable bonds is 26. The summed E-state index contributed by atoms with van der Waals surface area (Å²) in [4.78, 5) is 98.4. The van der Waals surface area contributed by atoms with Crippen molar-refractivity contribution >= 4 is 43.3 Å². The van der Waals surface area contributed by atoms with Crippen LogP contribution in [0, 0.1) is 5.92 Å². The van der Waals surface area contributed by atoms with Crippen molar-refractivity contribution in [2.45, 2.75) is 141 Å². The van der Waals surface area contributed by atoms with E-state index in [1.165, 1.54) is 17.4 Å². The molecule has 0 spiro atoms. The lowest BCUT2D eigenvalue weighted by atomic mass is 10.0. The smallest absolute Gasteiger partial charge is 0.394 e. The van der Waals surface area contributed by atoms with Crippen LogP contribution in [0.4, 0.5) is 0 Å². The van der Waals surface area contributed by atoms with Gasteiger partial charge in [0.2, 0.25) is 35.4 Å². The molecule has 0 aliphatic carbocycles. The lowest BCUT2D eigenvalue weighted by molar-refractivity contribution is -0.139. The van der Waals surface area contributed by atoms with Crippen LogP contribution in [0.15, 0.2) is 36.5 Å². The SMILES string of the molecule is CC(=O)N1CCC[C@H]1C(=O)N[C@@H](CC(C)C)C(=O)N[C@@H](Cc1cn(CCCCCCCCc2ccccc2)nn1)C(=O)N[C@@H](CO)C(=O)N[C@H](C(N)=O)[C@@H](C)OP(=O)(O)O. The van der Waals surface area contributed by atoms with Gasteiger partial charge in [0, 0.05) is 32.6 Å². The van der Waals surface area contributed by atoms with E-state index in [0.29, 0.717) is 31.6 Å². The number of aliphatic hydroxyl groups is 1. The van der Waals surface area contributed by atoms with Crippen molar-refractivity contribution in [3.8, 4) is 0 Å². The highest BCUT2D eigenvalue weighted by Crippen LogP contribution is 2.38. The van der Waals surface area contributed by atoms with Gasteiger partial charge in [-0.15, -0.1) is 5.10 Å². The minimum Gasteiger partial charge on any atom is -0.394 e. The Morgan fingerprint density at radius 3 is 2.12 bits per heavy atom. The van der Waals surface area contributed by atoms with E-state index in [2.05, 4.69) is 48.2 Å². The number of hydrogen-bond acceptors (Lipinski definition) is 11. The summed E-state index contributed by atoms with van der Waals surface area (Å²) in [5.74, 6) is -4.94. The first kappa shape index (κ1) is 49.6. The summed E-state index contributed by atoms with van der Waals surface area (Å²) < 4.78 is 17.5. The number of likely N-dealkylation sites (tertiary alicyclic amines) is 1. The summed E-state index contributed by atoms with van der Waals surface area (Å²) in [5, 5.41) is 28.3. The molecule has 60 heavy (non-hydrogen) atoms. The first-order valence-corrected chi connectivity index (χ1v) is 22.0. The zero-order chi connectivity index (χ0) is 44.4. The number of nitrogens with zero attached hydrogens (tertiary/aromatic N) is 4. The molecule has 0 radical (unpaired) electrons. The topological polar surface area (TPSA) is 298 Å². The van der Waals surface area contributed by atoms with E-state index < -0.39 is 80.3 Å². The van der Waals surface area contributed by atoms with Crippen LogP contribution in [-0.2, 0) is 57.2 Å². The van der Waals surface area contributed by atoms with Gasteiger partial charge in [0.1, 0.15) is 30.2 Å². The van der Waals surface area contributed by atoms with Crippen molar-refractivity contribution in [1.29, 1.82) is 0 Å². The van der Waals surface area contributed by atoms with Crippen molar-refractivity contribution in [3.63, 3.8) is 0 Å². The third-order valence-corrected chi connectivity index (χ3v) is 10.7. The normalized spacial score (nSPS) is 16.7. The molecule has 6 atom stereocenters. The van der Waals surface area contributed by atoms with Crippen LogP contribution >= 0.6 is 7.82 Å². The highest BCUT2D eigenvalue weighted by Gasteiger charge is 2.37. The largest absolute Gasteiger partial charge is 0.469 e. The molecule has 3 rings (SSSR count). The summed E-state index contributed by atoms with van der Waals surface area (Å²) in [6.45, 7) is 6.08. The van der Waals surface area contributed by atoms with Crippen LogP contribution in [0.1, 0.15) is 96.7 Å². The predicted molar refractivity (Wildman–Crippen MR) is 218 cm³/mol. The number of unbranched alkanes of at least 4 members (excludes halogenated alkanes) is 5. The van der Waals surface area contributed by atoms with E-state index in [4.69, 9.17) is 5.73 Å². The van der Waals surface area contributed by atoms with Gasteiger partial charge in [-0.2, -0.15) is 0 Å². The summed E-state index contributed by atoms with van der Waals surface area (Å²) in [7, 11) is -5.11. The van der Waals surface area contributed by atoms with Crippen molar-refractivity contribution in [2.24, 2.45) is 11.7 Å². The van der Waals surface area contributed by atoms with Crippen molar-refractivity contribution in [2.75, 3.05) is 13.2 Å². The molecular weight excluding hydrogens is 801 g/mol. The van der Waals surface area contributed by atoms with E-state index in [1.54, 1.807) is 10.9 Å². The number of aromatic nitrogens is 3. The molecule has 9 N–H and O–H groups in total. The third kappa shape index (κ3) is 17.1. The highest BCUT2D eigenvalue weighted by molar-refractivity contribution is 7.46. The summed E-state index contributed by atoms with van der Waals surface area (Å²) in [5.41, 5.74) is 6.97. The fourth-order valence-corrected chi connectivity index (χ4v) is 7.55. The Hall–Kier alpha value is -4.75. The minimum absolute atomic E-state index is 0.0902. The number of nitrogens with two attached hydrogens (primary N) is 1. The number of aliphatic hydroxyl groups excluding tert-OH is 1. The fraction of sp³-hybridized carbons (Fsp3) is 0.641. The Balaban J connectivity index is 1.72. The van der Waals surface area contributed by atoms with Gasteiger partial charge >= 0.3 is 7.82 Å². The van der Waals surface area contributed by atoms with Crippen molar-refractivity contribution in [1.82, 2.24) is 41.2 Å². The molecule has 6 amide bonds. The van der Waals surface area contributed by atoms with E-state index in [0.717, 1.165) is 51.9 Å². The average Bonchev–Trinajstić information content (AvgIpc) is 3.86. The standard InChI is InChI=1S/C39H62N9O11P/c1-25(2)21-30(42-39(55)33-18-14-20-48(33)27(4)50)36(52)41-31(37(53)43-32(24-49)38(54)44-34(35(40)51)26(3)59-60(56,57)58)22-29-23-47(46-45-29)19-13-8-6-5-7-10-15-28-16-11-9-12-17-28/h9,11-12,16-17,23,25-26,30-34,49H,5-8,10,13-15,18-22,24H2,1-4H3,(H2,40,51)(H,41,52)(H,42,55)(H,43,53)(H,44,54)(H2,56,57,58)/t26-,30+,31+,32+,33+,34+/m1/s1. The maximum absolute atomic E-state index is 13.9. The lowest BCUT2D eigenvalue weighted by Gasteiger charge is -2.28. The number of carbonyl (C=O) groups excluding carboxylic acids is 6. The second-order valence-corrected chi connectivity index (χ2v) is 16.8. The monoisotopic (exact) mass is 863 g/mol. The number of benzene rings is 1. The number of primary amides is 1. The molecule has 2 heterocycles. The van der Waals surface area contributed by atoms with Gasteiger partial charge in [-0.3, -0.25) is 38.0 Å². The van der Waals surface area contributed by atoms with Gasteiger partial charge < -0.3 is 46.8 Å². The summed E-state index contributed by atoms with van der Waals surface area (Å²) >= 11 is 0. The molecule has 1 aliphatic rings. The van der Waals surface area contributed by atoms with Crippen LogP contribution in [0.25, 0.3) is 0 Å². The maximum atomic E-state index is 13.9. The summed E-state index contributed by atoms with van der Waals surface area (Å²) in [6, 6.07) is 3.53. The van der Waals surface area contributed by atoms with Crippen molar-refractivity contribution in [3.05, 3.63) is 47.8 Å². The molecule has 1 aliphatic heterocycles. The molecule has 1 aromatic heterocycles. The molecule has 334 valence electrons. The van der Waals surface area contributed by atoms with Crippen LogP contribution in [0.3, 0.4) is 0 Å². The number of amides is 6. The van der Waals surface area contributed by atoms with E-state index in [9.17, 15) is 48.2 Å². The van der Waals surface area contributed by atoms with E-state index in [-0.39, 0.29) is 24.7 Å². The van der Waals surface area contributed by atoms with Gasteiger partial charge in [-0.05, 0) is 56.9 Å². The molecule has 1 fully saturated rings. The molecule has 0 saturated carbocycles. The number of carbonyl (C=O) groups is 6. The Labute approximate surface area is 350 Å². The third-order valence-electron chi connectivity index (χ3n) is 10.1. The lowest BCUT2D eigenvalue weighted by Crippen LogP contribution is -2.61. The van der Waals surface area contributed by atoms with Gasteiger partial charge in [-0.25, -0.2) is 4.57 Å². The number of phosphoric acid groups is 1. The van der Waals surface area contributed by atoms with E-state index in [1.807, 2.05) is 32.0 Å². The van der Waals surface area contributed by atoms with Gasteiger partial charge in [0.05, 0.1) is 18.4 Å². The predicted octanol–water partition coefficient (Wildman–Crippen LogP) is 0.376. The first-order valence-electron chi connectivity index (χ1n) is 20.4. The van der Waals surface area contributed by atoms with E-state index >= 15 is 0 Å². The zero-order valence-corrected chi connectivity index (χ0v) is 35.7. The minimum atomic E-state index is -5.11. The Kier molecular flexibility index (Phi) is 20.3. The van der Waals surface area contributed by atoms with Crippen LogP contribution < -0.4 is 27.0 Å². The van der Waals surface area contributed by atoms with Gasteiger partial charge in [0.25, 0.3) is 0 Å². The molecule has 21 heteroatoms. The number of aryl methyl sites for hydroxylation is 2. The van der Waals surface area contributed by atoms with Crippen LogP contribution in [0.2, 0.25) is 0 Å². The van der Waals surface area contributed by atoms with Gasteiger partial charge in [0.15, 0.2) is 0 Å². The van der Waals surface area contributed by atoms with Gasteiger partial charge in [-0.1, -0.05) is 75.1 Å². The summed E-state index contributed by atoms with van der Waals surface area (Å²) in [6.07, 6.45) is 8.28. The van der Waals surface area contributed by atoms with Crippen LogP contribution in [0.5, 0.6) is 0 Å². The fourth-order valence-electron chi connectivity index (χ4n) is 6.99. The molecule has 2 aromatic rings. The number of nitrogens with one attached hydrogen (secondary N) is 4. The molecule has 0 bridgehead atoms. The molecular formula is C39H62N9O11P. The van der Waals surface area contributed by atoms with Crippen molar-refractivity contribution < 1.29 is 52.7 Å². The highest BCUT2D eigenvalue weighted by atomic mass is 31.2. The number of hydrogen-bond donors (Lipinski definition) is 8. The molecule has 1 aromatic carbocycles. The Morgan fingerprint density at radius 2 is 1.50 bits per heavy atom.